The third-order valence-corrected chi connectivity index (χ3v) is 5.96. The summed E-state index contributed by atoms with van der Waals surface area (Å²) in [7, 11) is 0. The lowest BCUT2D eigenvalue weighted by Crippen LogP contribution is -2.29. The molecule has 0 unspecified atom stereocenters. The molecule has 0 bridgehead atoms. The monoisotopic (exact) mass is 547 g/mol. The zero-order valence-corrected chi connectivity index (χ0v) is 22.6. The summed E-state index contributed by atoms with van der Waals surface area (Å²) >= 11 is 19.9. The molecular weight excluding hydrogens is 525 g/mol. The fourth-order valence-corrected chi connectivity index (χ4v) is 4.55. The molecule has 0 fully saturated rings. The number of nitrogens with zero attached hydrogens (tertiary/aromatic N) is 2. The third kappa shape index (κ3) is 5.42. The minimum Gasteiger partial charge on any atom is -0.469 e. The van der Waals surface area contributed by atoms with E-state index in [0.29, 0.717) is 38.3 Å². The van der Waals surface area contributed by atoms with Crippen LogP contribution in [0.2, 0.25) is 15.1 Å². The van der Waals surface area contributed by atoms with Gasteiger partial charge in [-0.3, -0.25) is 4.79 Å². The van der Waals surface area contributed by atoms with Crippen molar-refractivity contribution in [2.45, 2.75) is 45.9 Å². The Morgan fingerprint density at radius 3 is 2.42 bits per heavy atom. The summed E-state index contributed by atoms with van der Waals surface area (Å²) in [5, 5.41) is 1.02. The predicted octanol–water partition coefficient (Wildman–Crippen LogP) is 5.75. The standard InChI is InChI=1S/C26H24Cl3N3O4/c1-14-8-20(33)21-23(19(29)11-31-24(21)34-12-16-13-35-26(4,5)36-16)32(14)22-17(27)9-15(10-18(22)28)6-7-25(2,3)30/h8-11,13H,12,30H2,1-5H3. The molecule has 3 aromatic rings. The zero-order chi connectivity index (χ0) is 26.4. The number of nitrogens with two attached hydrogens (primary N) is 1. The maximum Gasteiger partial charge on any atom is 0.244 e. The maximum absolute atomic E-state index is 13.1. The Balaban J connectivity index is 1.85. The molecule has 1 aliphatic heterocycles. The normalized spacial score (nSPS) is 14.5. The second-order valence-electron chi connectivity index (χ2n) is 9.37. The van der Waals surface area contributed by atoms with Crippen molar-refractivity contribution in [1.82, 2.24) is 9.55 Å². The maximum atomic E-state index is 13.1. The molecule has 0 radical (unpaired) electrons. The molecule has 7 nitrogen and oxygen atoms in total. The second kappa shape index (κ2) is 9.53. The summed E-state index contributed by atoms with van der Waals surface area (Å²) in [5.41, 5.74) is 6.92. The van der Waals surface area contributed by atoms with Crippen molar-refractivity contribution in [3.05, 3.63) is 73.0 Å². The highest BCUT2D eigenvalue weighted by molar-refractivity contribution is 6.38. The molecule has 2 N–H and O–H groups in total. The van der Waals surface area contributed by atoms with Crippen molar-refractivity contribution in [2.24, 2.45) is 5.73 Å². The van der Waals surface area contributed by atoms with E-state index >= 15 is 0 Å². The van der Waals surface area contributed by atoms with Gasteiger partial charge in [-0.25, -0.2) is 4.98 Å². The summed E-state index contributed by atoms with van der Waals surface area (Å²) in [6.07, 6.45) is 2.88. The number of aryl methyl sites for hydroxylation is 1. The number of hydrogen-bond donors (Lipinski definition) is 1. The van der Waals surface area contributed by atoms with Gasteiger partial charge in [0.25, 0.3) is 0 Å². The highest BCUT2D eigenvalue weighted by atomic mass is 35.5. The van der Waals surface area contributed by atoms with E-state index in [-0.39, 0.29) is 28.3 Å². The second-order valence-corrected chi connectivity index (χ2v) is 10.6. The van der Waals surface area contributed by atoms with Crippen LogP contribution in [0.15, 0.2) is 41.2 Å². The molecule has 1 aromatic carbocycles. The fourth-order valence-electron chi connectivity index (χ4n) is 3.66. The summed E-state index contributed by atoms with van der Waals surface area (Å²) in [6.45, 7) is 8.90. The van der Waals surface area contributed by atoms with E-state index in [2.05, 4.69) is 16.8 Å². The summed E-state index contributed by atoms with van der Waals surface area (Å²) in [4.78, 5) is 17.3. The van der Waals surface area contributed by atoms with Gasteiger partial charge in [-0.2, -0.15) is 0 Å². The van der Waals surface area contributed by atoms with Crippen molar-refractivity contribution in [2.75, 3.05) is 6.61 Å². The number of hydrogen-bond acceptors (Lipinski definition) is 6. The van der Waals surface area contributed by atoms with E-state index in [4.69, 9.17) is 54.7 Å². The molecule has 0 saturated carbocycles. The molecule has 1 aliphatic rings. The lowest BCUT2D eigenvalue weighted by atomic mass is 10.1. The highest BCUT2D eigenvalue weighted by Crippen LogP contribution is 2.37. The van der Waals surface area contributed by atoms with Crippen molar-refractivity contribution >= 4 is 45.7 Å². The highest BCUT2D eigenvalue weighted by Gasteiger charge is 2.28. The Morgan fingerprint density at radius 1 is 1.17 bits per heavy atom. The van der Waals surface area contributed by atoms with Gasteiger partial charge < -0.3 is 24.5 Å². The Hall–Kier alpha value is -2.89. The van der Waals surface area contributed by atoms with Gasteiger partial charge >= 0.3 is 0 Å². The topological polar surface area (TPSA) is 88.6 Å². The first-order valence-electron chi connectivity index (χ1n) is 11.0. The van der Waals surface area contributed by atoms with Gasteiger partial charge in [0.05, 0.1) is 38.0 Å². The van der Waals surface area contributed by atoms with Crippen LogP contribution in [-0.2, 0) is 9.47 Å². The lowest BCUT2D eigenvalue weighted by molar-refractivity contribution is -0.119. The van der Waals surface area contributed by atoms with Crippen LogP contribution in [-0.4, -0.2) is 27.5 Å². The first-order chi connectivity index (χ1) is 16.8. The van der Waals surface area contributed by atoms with Crippen molar-refractivity contribution < 1.29 is 14.2 Å². The summed E-state index contributed by atoms with van der Waals surface area (Å²) < 4.78 is 18.6. The summed E-state index contributed by atoms with van der Waals surface area (Å²) in [5.74, 6) is 5.70. The van der Waals surface area contributed by atoms with Gasteiger partial charge in [0.15, 0.2) is 17.8 Å². The SMILES string of the molecule is Cc1cc(=O)c2c(OCC3=COC(C)(C)O3)ncc(Cl)c2n1-c1c(Cl)cc(C#CC(C)(C)N)cc1Cl. The summed E-state index contributed by atoms with van der Waals surface area (Å²) in [6, 6.07) is 4.81. The van der Waals surface area contributed by atoms with E-state index in [9.17, 15) is 4.79 Å². The van der Waals surface area contributed by atoms with Crippen LogP contribution >= 0.6 is 34.8 Å². The van der Waals surface area contributed by atoms with E-state index in [0.717, 1.165) is 0 Å². The van der Waals surface area contributed by atoms with Crippen LogP contribution in [0.1, 0.15) is 39.0 Å². The minimum absolute atomic E-state index is 0.00679. The number of benzene rings is 1. The van der Waals surface area contributed by atoms with E-state index in [1.54, 1.807) is 51.3 Å². The van der Waals surface area contributed by atoms with Crippen molar-refractivity contribution in [3.8, 4) is 23.4 Å². The molecule has 3 heterocycles. The molecule has 188 valence electrons. The van der Waals surface area contributed by atoms with Crippen LogP contribution < -0.4 is 15.9 Å². The van der Waals surface area contributed by atoms with Gasteiger partial charge in [-0.05, 0) is 32.9 Å². The Kier molecular flexibility index (Phi) is 6.93. The van der Waals surface area contributed by atoms with Crippen LogP contribution in [0.3, 0.4) is 0 Å². The zero-order valence-electron chi connectivity index (χ0n) is 20.3. The predicted molar refractivity (Wildman–Crippen MR) is 142 cm³/mol. The number of pyridine rings is 2. The van der Waals surface area contributed by atoms with Crippen molar-refractivity contribution in [1.29, 1.82) is 0 Å². The minimum atomic E-state index is -0.790. The van der Waals surface area contributed by atoms with Gasteiger partial charge in [0.2, 0.25) is 11.7 Å². The van der Waals surface area contributed by atoms with Gasteiger partial charge in [-0.1, -0.05) is 46.6 Å². The molecule has 2 aromatic heterocycles. The Bertz CT molecular complexity index is 1500. The molecule has 0 aliphatic carbocycles. The largest absolute Gasteiger partial charge is 0.469 e. The Labute approximate surface area is 223 Å². The van der Waals surface area contributed by atoms with Gasteiger partial charge in [0, 0.05) is 31.2 Å². The van der Waals surface area contributed by atoms with Crippen LogP contribution in [0, 0.1) is 18.8 Å². The number of halogens is 3. The number of rotatable bonds is 4. The van der Waals surface area contributed by atoms with Crippen LogP contribution in [0.25, 0.3) is 16.6 Å². The van der Waals surface area contributed by atoms with Gasteiger partial charge in [0.1, 0.15) is 11.6 Å². The smallest absolute Gasteiger partial charge is 0.244 e. The molecule has 0 amide bonds. The van der Waals surface area contributed by atoms with E-state index in [1.807, 2.05) is 0 Å². The quantitative estimate of drug-likeness (QED) is 0.418. The number of fused-ring (bicyclic) bond motifs is 1. The molecule has 0 spiro atoms. The lowest BCUT2D eigenvalue weighted by Gasteiger charge is -2.20. The van der Waals surface area contributed by atoms with E-state index < -0.39 is 11.3 Å². The third-order valence-electron chi connectivity index (χ3n) is 5.11. The Morgan fingerprint density at radius 2 is 1.83 bits per heavy atom. The molecule has 0 saturated heterocycles. The van der Waals surface area contributed by atoms with Crippen LogP contribution in [0.5, 0.6) is 5.88 Å². The van der Waals surface area contributed by atoms with E-state index in [1.165, 1.54) is 18.5 Å². The molecule has 4 rings (SSSR count). The molecule has 10 heteroatoms. The average molecular weight is 549 g/mol. The molecule has 0 atom stereocenters. The first-order valence-corrected chi connectivity index (χ1v) is 12.1. The number of aromatic nitrogens is 2. The van der Waals surface area contributed by atoms with Gasteiger partial charge in [-0.15, -0.1) is 0 Å². The fraction of sp³-hybridized carbons (Fsp3) is 0.308. The van der Waals surface area contributed by atoms with Crippen molar-refractivity contribution in [3.63, 3.8) is 0 Å². The molecular formula is C26H24Cl3N3O4. The van der Waals surface area contributed by atoms with Crippen LogP contribution in [0.4, 0.5) is 0 Å². The first kappa shape index (κ1) is 26.2. The number of ether oxygens (including phenoxy) is 3. The molecule has 36 heavy (non-hydrogen) atoms. The average Bonchev–Trinajstić information content (AvgIpc) is 3.11.